The topological polar surface area (TPSA) is 89.0 Å². The third-order valence-corrected chi connectivity index (χ3v) is 4.43. The Labute approximate surface area is 151 Å². The lowest BCUT2D eigenvalue weighted by molar-refractivity contribution is 0.215. The lowest BCUT2D eigenvalue weighted by Gasteiger charge is -2.34. The molecule has 0 unspecified atom stereocenters. The van der Waals surface area contributed by atoms with Crippen molar-refractivity contribution in [3.8, 4) is 5.82 Å². The summed E-state index contributed by atoms with van der Waals surface area (Å²) in [6.07, 6.45) is 3.58. The maximum atomic E-state index is 5.34. The molecule has 0 saturated carbocycles. The molecule has 9 heteroatoms. The van der Waals surface area contributed by atoms with Crippen molar-refractivity contribution < 1.29 is 4.52 Å². The van der Waals surface area contributed by atoms with Gasteiger partial charge in [-0.05, 0) is 18.2 Å². The van der Waals surface area contributed by atoms with Gasteiger partial charge in [0.2, 0.25) is 5.89 Å². The van der Waals surface area contributed by atoms with Crippen molar-refractivity contribution in [3.63, 3.8) is 0 Å². The van der Waals surface area contributed by atoms with Crippen LogP contribution in [-0.4, -0.2) is 61.2 Å². The Morgan fingerprint density at radius 2 is 1.85 bits per heavy atom. The zero-order chi connectivity index (χ0) is 17.9. The summed E-state index contributed by atoms with van der Waals surface area (Å²) in [7, 11) is 0. The average molecular weight is 354 g/mol. The largest absolute Gasteiger partial charge is 0.353 e. The van der Waals surface area contributed by atoms with E-state index in [1.54, 1.807) is 10.9 Å². The Hall–Kier alpha value is -2.81. The third-order valence-electron chi connectivity index (χ3n) is 4.43. The Bertz CT molecular complexity index is 819. The molecule has 0 spiro atoms. The molecule has 0 atom stereocenters. The first-order chi connectivity index (χ1) is 12.7. The highest BCUT2D eigenvalue weighted by molar-refractivity contribution is 5.40. The minimum atomic E-state index is 0.285. The van der Waals surface area contributed by atoms with Crippen molar-refractivity contribution >= 4 is 5.82 Å². The quantitative estimate of drug-likeness (QED) is 0.681. The molecule has 0 bridgehead atoms. The molecular weight excluding hydrogens is 332 g/mol. The molecule has 26 heavy (non-hydrogen) atoms. The highest BCUT2D eigenvalue weighted by Crippen LogP contribution is 2.16. The van der Waals surface area contributed by atoms with Crippen LogP contribution in [-0.2, 0) is 6.54 Å². The fourth-order valence-electron chi connectivity index (χ4n) is 2.91. The highest BCUT2D eigenvalue weighted by Gasteiger charge is 2.21. The molecule has 0 N–H and O–H groups in total. The van der Waals surface area contributed by atoms with E-state index in [4.69, 9.17) is 4.52 Å². The molecule has 136 valence electrons. The van der Waals surface area contributed by atoms with Crippen LogP contribution in [0.1, 0.15) is 31.5 Å². The predicted molar refractivity (Wildman–Crippen MR) is 95.0 cm³/mol. The van der Waals surface area contributed by atoms with E-state index < -0.39 is 0 Å². The van der Waals surface area contributed by atoms with Crippen LogP contribution >= 0.6 is 0 Å². The van der Waals surface area contributed by atoms with E-state index in [0.717, 1.165) is 43.6 Å². The molecule has 4 heterocycles. The van der Waals surface area contributed by atoms with Crippen molar-refractivity contribution in [1.82, 2.24) is 35.0 Å². The molecule has 0 aliphatic carbocycles. The second-order valence-electron chi connectivity index (χ2n) is 6.66. The van der Waals surface area contributed by atoms with Gasteiger partial charge in [0, 0.05) is 44.5 Å². The summed E-state index contributed by atoms with van der Waals surface area (Å²) in [6.45, 7) is 8.43. The molecule has 9 nitrogen and oxygen atoms in total. The van der Waals surface area contributed by atoms with Gasteiger partial charge < -0.3 is 9.42 Å². The van der Waals surface area contributed by atoms with Crippen molar-refractivity contribution in [2.24, 2.45) is 0 Å². The normalized spacial score (nSPS) is 15.7. The fraction of sp³-hybridized carbons (Fsp3) is 0.471. The molecule has 1 aliphatic heterocycles. The average Bonchev–Trinajstić information content (AvgIpc) is 3.35. The number of hydrogen-bond acceptors (Lipinski definition) is 8. The van der Waals surface area contributed by atoms with Crippen LogP contribution in [0.5, 0.6) is 0 Å². The molecule has 1 aliphatic rings. The lowest BCUT2D eigenvalue weighted by atomic mass is 10.2. The Morgan fingerprint density at radius 3 is 2.46 bits per heavy atom. The van der Waals surface area contributed by atoms with Crippen molar-refractivity contribution in [1.29, 1.82) is 0 Å². The van der Waals surface area contributed by atoms with Crippen LogP contribution in [0, 0.1) is 0 Å². The predicted octanol–water partition coefficient (Wildman–Crippen LogP) is 1.49. The van der Waals surface area contributed by atoms with Gasteiger partial charge in [0.05, 0.1) is 6.54 Å². The standard InChI is InChI=1S/C17H22N8O/c1-13(2)17-19-16(26-22-17)12-23-8-10-24(11-9-23)14-4-5-15(21-20-14)25-7-3-6-18-25/h3-7,13H,8-12H2,1-2H3. The number of nitrogens with zero attached hydrogens (tertiary/aromatic N) is 8. The van der Waals surface area contributed by atoms with E-state index in [1.807, 2.05) is 24.4 Å². The van der Waals surface area contributed by atoms with Crippen molar-refractivity contribution in [2.45, 2.75) is 26.3 Å². The van der Waals surface area contributed by atoms with Gasteiger partial charge in [-0.2, -0.15) is 10.1 Å². The Kier molecular flexibility index (Phi) is 4.61. The summed E-state index contributed by atoms with van der Waals surface area (Å²) in [5.41, 5.74) is 0. The number of anilines is 1. The van der Waals surface area contributed by atoms with E-state index in [2.05, 4.69) is 49.1 Å². The van der Waals surface area contributed by atoms with Gasteiger partial charge in [0.1, 0.15) is 0 Å². The monoisotopic (exact) mass is 354 g/mol. The Morgan fingerprint density at radius 1 is 1.08 bits per heavy atom. The van der Waals surface area contributed by atoms with Crippen LogP contribution in [0.15, 0.2) is 35.1 Å². The van der Waals surface area contributed by atoms with Gasteiger partial charge in [-0.3, -0.25) is 4.90 Å². The number of rotatable bonds is 5. The van der Waals surface area contributed by atoms with Gasteiger partial charge in [-0.1, -0.05) is 19.0 Å². The van der Waals surface area contributed by atoms with Gasteiger partial charge in [-0.25, -0.2) is 4.68 Å². The molecule has 3 aromatic heterocycles. The summed E-state index contributed by atoms with van der Waals surface area (Å²) in [5, 5.41) is 16.8. The molecule has 1 fully saturated rings. The molecule has 0 radical (unpaired) electrons. The number of piperazine rings is 1. The van der Waals surface area contributed by atoms with Crippen LogP contribution < -0.4 is 4.90 Å². The summed E-state index contributed by atoms with van der Waals surface area (Å²) >= 11 is 0. The minimum Gasteiger partial charge on any atom is -0.353 e. The van der Waals surface area contributed by atoms with E-state index >= 15 is 0 Å². The van der Waals surface area contributed by atoms with Crippen molar-refractivity contribution in [2.75, 3.05) is 31.1 Å². The smallest absolute Gasteiger partial charge is 0.240 e. The van der Waals surface area contributed by atoms with Gasteiger partial charge >= 0.3 is 0 Å². The highest BCUT2D eigenvalue weighted by atomic mass is 16.5. The molecule has 1 saturated heterocycles. The van der Waals surface area contributed by atoms with E-state index in [-0.39, 0.29) is 5.92 Å². The van der Waals surface area contributed by atoms with Crippen LogP contribution in [0.3, 0.4) is 0 Å². The van der Waals surface area contributed by atoms with E-state index in [1.165, 1.54) is 0 Å². The SMILES string of the molecule is CC(C)c1noc(CN2CCN(c3ccc(-n4cccn4)nn3)CC2)n1. The first kappa shape index (κ1) is 16.6. The zero-order valence-corrected chi connectivity index (χ0v) is 15.0. The lowest BCUT2D eigenvalue weighted by Crippen LogP contribution is -2.46. The third kappa shape index (κ3) is 3.57. The van der Waals surface area contributed by atoms with Crippen LogP contribution in [0.4, 0.5) is 5.82 Å². The number of aromatic nitrogens is 6. The molecule has 0 amide bonds. The Balaban J connectivity index is 1.33. The molecule has 4 rings (SSSR count). The summed E-state index contributed by atoms with van der Waals surface area (Å²) in [5.74, 6) is 3.35. The summed E-state index contributed by atoms with van der Waals surface area (Å²) in [6, 6.07) is 5.79. The van der Waals surface area contributed by atoms with E-state index in [9.17, 15) is 0 Å². The minimum absolute atomic E-state index is 0.285. The van der Waals surface area contributed by atoms with Crippen LogP contribution in [0.2, 0.25) is 0 Å². The number of hydrogen-bond donors (Lipinski definition) is 0. The van der Waals surface area contributed by atoms with Gasteiger partial charge in [0.15, 0.2) is 17.5 Å². The van der Waals surface area contributed by atoms with Crippen LogP contribution in [0.25, 0.3) is 5.82 Å². The maximum absolute atomic E-state index is 5.34. The second-order valence-corrected chi connectivity index (χ2v) is 6.66. The molecule has 3 aromatic rings. The van der Waals surface area contributed by atoms with Gasteiger partial charge in [-0.15, -0.1) is 10.2 Å². The maximum Gasteiger partial charge on any atom is 0.240 e. The molecule has 0 aromatic carbocycles. The van der Waals surface area contributed by atoms with Gasteiger partial charge in [0.25, 0.3) is 0 Å². The first-order valence-electron chi connectivity index (χ1n) is 8.82. The van der Waals surface area contributed by atoms with E-state index in [0.29, 0.717) is 12.4 Å². The van der Waals surface area contributed by atoms with Crippen molar-refractivity contribution in [3.05, 3.63) is 42.3 Å². The summed E-state index contributed by atoms with van der Waals surface area (Å²) in [4.78, 5) is 9.01. The first-order valence-corrected chi connectivity index (χ1v) is 8.82. The second kappa shape index (κ2) is 7.20. The zero-order valence-electron chi connectivity index (χ0n) is 15.0. The molecular formula is C17H22N8O. The fourth-order valence-corrected chi connectivity index (χ4v) is 2.91. The summed E-state index contributed by atoms with van der Waals surface area (Å²) < 4.78 is 7.04.